The molecule has 3 saturated carbocycles. The Morgan fingerprint density at radius 1 is 1.22 bits per heavy atom. The van der Waals surface area contributed by atoms with Crippen molar-refractivity contribution < 1.29 is 18.3 Å². The summed E-state index contributed by atoms with van der Waals surface area (Å²) >= 11 is 0. The predicted molar refractivity (Wildman–Crippen MR) is 115 cm³/mol. The third-order valence-corrected chi connectivity index (χ3v) is 6.62. The van der Waals surface area contributed by atoms with E-state index in [2.05, 4.69) is 31.8 Å². The van der Waals surface area contributed by atoms with Crippen LogP contribution in [0, 0.1) is 29.4 Å². The number of hydrogen-bond donors (Lipinski definition) is 2. The number of aromatic amines is 1. The summed E-state index contributed by atoms with van der Waals surface area (Å²) in [6.45, 7) is 3.74. The lowest BCUT2D eigenvalue weighted by molar-refractivity contribution is -0.153. The molecule has 0 amide bonds. The number of nitrogens with zero attached hydrogens (tertiary/aromatic N) is 3. The van der Waals surface area contributed by atoms with Gasteiger partial charge in [-0.2, -0.15) is 0 Å². The number of H-pyrrole nitrogens is 1. The quantitative estimate of drug-likeness (QED) is 0.441. The summed E-state index contributed by atoms with van der Waals surface area (Å²) in [5.41, 5.74) is 1.00. The lowest BCUT2D eigenvalue weighted by Crippen LogP contribution is -2.52. The van der Waals surface area contributed by atoms with Gasteiger partial charge in [-0.25, -0.2) is 23.7 Å². The third-order valence-electron chi connectivity index (χ3n) is 6.62. The lowest BCUT2D eigenvalue weighted by atomic mass is 9.61. The van der Waals surface area contributed by atoms with Crippen molar-refractivity contribution in [3.05, 3.63) is 48.9 Å². The summed E-state index contributed by atoms with van der Waals surface area (Å²) in [7, 11) is 0. The van der Waals surface area contributed by atoms with Gasteiger partial charge in [-0.1, -0.05) is 12.7 Å². The molecule has 0 radical (unpaired) electrons. The van der Waals surface area contributed by atoms with Crippen molar-refractivity contribution in [2.75, 3.05) is 11.9 Å². The predicted octanol–water partition coefficient (Wildman–Crippen LogP) is 4.24. The van der Waals surface area contributed by atoms with E-state index in [1.54, 1.807) is 6.20 Å². The Morgan fingerprint density at radius 2 is 2.00 bits per heavy atom. The van der Waals surface area contributed by atoms with Gasteiger partial charge in [0.05, 0.1) is 18.3 Å². The van der Waals surface area contributed by atoms with Crippen LogP contribution in [0.2, 0.25) is 0 Å². The molecule has 0 saturated heterocycles. The SMILES string of the molecule is C=CCOC(=O)[C@H]1C2CCC(CC2)[C@@H]1Nc1nc(-c2c[nH]c3ncc(F)cc23)ncc1F. The lowest BCUT2D eigenvalue weighted by Gasteiger charge is -2.47. The molecule has 3 fully saturated rings. The van der Waals surface area contributed by atoms with Gasteiger partial charge in [0.1, 0.15) is 18.1 Å². The van der Waals surface area contributed by atoms with Gasteiger partial charge in [0.25, 0.3) is 0 Å². The van der Waals surface area contributed by atoms with Crippen LogP contribution in [-0.2, 0) is 9.53 Å². The van der Waals surface area contributed by atoms with E-state index in [0.29, 0.717) is 16.6 Å². The van der Waals surface area contributed by atoms with Crippen molar-refractivity contribution in [3.8, 4) is 11.4 Å². The summed E-state index contributed by atoms with van der Waals surface area (Å²) in [5, 5.41) is 3.70. The highest BCUT2D eigenvalue weighted by Crippen LogP contribution is 2.46. The smallest absolute Gasteiger partial charge is 0.311 e. The number of fused-ring (bicyclic) bond motifs is 4. The van der Waals surface area contributed by atoms with Gasteiger partial charge in [-0.3, -0.25) is 4.79 Å². The molecule has 3 aliphatic rings. The maximum absolute atomic E-state index is 14.7. The largest absolute Gasteiger partial charge is 0.461 e. The van der Waals surface area contributed by atoms with E-state index in [-0.39, 0.29) is 48.0 Å². The number of esters is 1. The summed E-state index contributed by atoms with van der Waals surface area (Å²) in [6.07, 6.45) is 9.22. The zero-order valence-electron chi connectivity index (χ0n) is 17.4. The van der Waals surface area contributed by atoms with Crippen LogP contribution in [0.3, 0.4) is 0 Å². The Kier molecular flexibility index (Phi) is 5.32. The van der Waals surface area contributed by atoms with Crippen molar-refractivity contribution in [1.82, 2.24) is 19.9 Å². The number of carbonyl (C=O) groups is 1. The Morgan fingerprint density at radius 3 is 2.78 bits per heavy atom. The third kappa shape index (κ3) is 3.61. The first-order valence-corrected chi connectivity index (χ1v) is 10.7. The van der Waals surface area contributed by atoms with Crippen LogP contribution in [0.1, 0.15) is 25.7 Å². The van der Waals surface area contributed by atoms with Gasteiger partial charge in [-0.05, 0) is 43.6 Å². The molecule has 3 heterocycles. The highest BCUT2D eigenvalue weighted by molar-refractivity contribution is 5.91. The fraction of sp³-hybridized carbons (Fsp3) is 0.391. The fourth-order valence-electron chi connectivity index (χ4n) is 5.15. The van der Waals surface area contributed by atoms with Crippen LogP contribution < -0.4 is 5.32 Å². The minimum Gasteiger partial charge on any atom is -0.461 e. The van der Waals surface area contributed by atoms with E-state index in [1.165, 1.54) is 12.1 Å². The van der Waals surface area contributed by atoms with E-state index >= 15 is 0 Å². The number of pyridine rings is 1. The first-order chi connectivity index (χ1) is 15.5. The van der Waals surface area contributed by atoms with Crippen LogP contribution in [0.4, 0.5) is 14.6 Å². The minimum atomic E-state index is -0.613. The Hall–Kier alpha value is -3.36. The molecule has 0 unspecified atom stereocenters. The maximum Gasteiger partial charge on any atom is 0.311 e. The number of rotatable bonds is 6. The molecule has 0 aromatic carbocycles. The van der Waals surface area contributed by atoms with Crippen molar-refractivity contribution in [1.29, 1.82) is 0 Å². The molecule has 6 rings (SSSR count). The number of ether oxygens (including phenoxy) is 1. The highest BCUT2D eigenvalue weighted by atomic mass is 19.1. The van der Waals surface area contributed by atoms with Crippen LogP contribution in [0.5, 0.6) is 0 Å². The van der Waals surface area contributed by atoms with E-state index in [4.69, 9.17) is 4.74 Å². The summed E-state index contributed by atoms with van der Waals surface area (Å²) in [6, 6.07) is 1.05. The van der Waals surface area contributed by atoms with Gasteiger partial charge in [0.2, 0.25) is 0 Å². The fourth-order valence-corrected chi connectivity index (χ4v) is 5.15. The zero-order chi connectivity index (χ0) is 22.2. The molecule has 3 aromatic rings. The van der Waals surface area contributed by atoms with E-state index in [1.807, 2.05) is 0 Å². The standard InChI is InChI=1S/C23H23F2N5O2/c1-2-7-32-23(31)18-12-3-5-13(6-4-12)19(18)29-22-17(25)11-28-21(30-22)16-10-27-20-15(16)8-14(24)9-26-20/h2,8-13,18-19H,1,3-7H2,(H,26,27)(H,28,29,30)/t12?,13?,18-,19-/m0/s1. The van der Waals surface area contributed by atoms with E-state index < -0.39 is 11.6 Å². The van der Waals surface area contributed by atoms with Gasteiger partial charge in [0, 0.05) is 23.2 Å². The molecule has 3 aliphatic carbocycles. The second-order valence-corrected chi connectivity index (χ2v) is 8.43. The van der Waals surface area contributed by atoms with Crippen LogP contribution in [0.15, 0.2) is 37.3 Å². The Bertz CT molecular complexity index is 1170. The number of carbonyl (C=O) groups excluding carboxylic acids is 1. The molecule has 7 nitrogen and oxygen atoms in total. The van der Waals surface area contributed by atoms with Gasteiger partial charge in [0.15, 0.2) is 17.5 Å². The van der Waals surface area contributed by atoms with Crippen molar-refractivity contribution >= 4 is 22.8 Å². The number of nitrogens with one attached hydrogen (secondary N) is 2. The topological polar surface area (TPSA) is 92.8 Å². The number of halogens is 2. The van der Waals surface area contributed by atoms with Gasteiger partial charge in [-0.15, -0.1) is 0 Å². The molecule has 0 spiro atoms. The summed E-state index contributed by atoms with van der Waals surface area (Å²) in [5.74, 6) is -1.08. The summed E-state index contributed by atoms with van der Waals surface area (Å²) < 4.78 is 33.8. The number of anilines is 1. The van der Waals surface area contributed by atoms with Crippen molar-refractivity contribution in [2.24, 2.45) is 17.8 Å². The molecule has 0 aliphatic heterocycles. The van der Waals surface area contributed by atoms with Crippen LogP contribution >= 0.6 is 0 Å². The Labute approximate surface area is 183 Å². The second kappa shape index (κ2) is 8.29. The second-order valence-electron chi connectivity index (χ2n) is 8.43. The number of aromatic nitrogens is 4. The summed E-state index contributed by atoms with van der Waals surface area (Å²) in [4.78, 5) is 28.2. The molecular formula is C23H23F2N5O2. The first-order valence-electron chi connectivity index (χ1n) is 10.7. The highest BCUT2D eigenvalue weighted by Gasteiger charge is 2.48. The minimum absolute atomic E-state index is 0.0211. The van der Waals surface area contributed by atoms with Crippen LogP contribution in [0.25, 0.3) is 22.4 Å². The van der Waals surface area contributed by atoms with Crippen molar-refractivity contribution in [3.63, 3.8) is 0 Å². The van der Waals surface area contributed by atoms with Gasteiger partial charge < -0.3 is 15.0 Å². The molecule has 166 valence electrons. The molecule has 2 N–H and O–H groups in total. The van der Waals surface area contributed by atoms with E-state index in [9.17, 15) is 13.6 Å². The molecule has 2 bridgehead atoms. The average molecular weight is 439 g/mol. The van der Waals surface area contributed by atoms with Crippen LogP contribution in [-0.4, -0.2) is 38.6 Å². The average Bonchev–Trinajstić information content (AvgIpc) is 3.22. The zero-order valence-corrected chi connectivity index (χ0v) is 17.4. The monoisotopic (exact) mass is 439 g/mol. The number of hydrogen-bond acceptors (Lipinski definition) is 6. The molecule has 9 heteroatoms. The molecule has 32 heavy (non-hydrogen) atoms. The normalized spacial score (nSPS) is 24.4. The Balaban J connectivity index is 1.47. The maximum atomic E-state index is 14.7. The molecular weight excluding hydrogens is 416 g/mol. The van der Waals surface area contributed by atoms with Crippen molar-refractivity contribution in [2.45, 2.75) is 31.7 Å². The molecule has 2 atom stereocenters. The first kappa shape index (κ1) is 20.5. The molecule has 3 aromatic heterocycles. The van der Waals surface area contributed by atoms with E-state index in [0.717, 1.165) is 38.1 Å². The van der Waals surface area contributed by atoms with Gasteiger partial charge >= 0.3 is 5.97 Å².